The highest BCUT2D eigenvalue weighted by atomic mass is 15.4. The lowest BCUT2D eigenvalue weighted by Gasteiger charge is -2.31. The Morgan fingerprint density at radius 3 is 2.60 bits per heavy atom. The van der Waals surface area contributed by atoms with E-state index in [1.807, 2.05) is 0 Å². The molecule has 0 spiro atoms. The Labute approximate surface area is 91.1 Å². The van der Waals surface area contributed by atoms with Crippen LogP contribution in [0.4, 0.5) is 0 Å². The summed E-state index contributed by atoms with van der Waals surface area (Å²) >= 11 is 0. The molecule has 2 aliphatic rings. The zero-order valence-electron chi connectivity index (χ0n) is 9.82. The molecule has 3 rings (SSSR count). The van der Waals surface area contributed by atoms with Gasteiger partial charge in [0.25, 0.3) is 0 Å². The van der Waals surface area contributed by atoms with Gasteiger partial charge in [-0.2, -0.15) is 5.10 Å². The zero-order chi connectivity index (χ0) is 10.6. The Morgan fingerprint density at radius 2 is 2.00 bits per heavy atom. The van der Waals surface area contributed by atoms with E-state index in [1.54, 1.807) is 0 Å². The minimum Gasteiger partial charge on any atom is -0.288 e. The van der Waals surface area contributed by atoms with Gasteiger partial charge in [0.2, 0.25) is 0 Å². The Bertz CT molecular complexity index is 382. The van der Waals surface area contributed by atoms with Crippen LogP contribution in [0.2, 0.25) is 0 Å². The third kappa shape index (κ3) is 1.49. The molecule has 1 saturated carbocycles. The summed E-state index contributed by atoms with van der Waals surface area (Å²) < 4.78 is 2.26. The summed E-state index contributed by atoms with van der Waals surface area (Å²) in [6, 6.07) is 0.716. The van der Waals surface area contributed by atoms with Crippen molar-refractivity contribution in [1.29, 1.82) is 0 Å². The second-order valence-electron chi connectivity index (χ2n) is 5.82. The number of hydrogen-bond acceptors (Lipinski definition) is 2. The maximum atomic E-state index is 4.51. The maximum Gasteiger partial charge on any atom is 0.0573 e. The van der Waals surface area contributed by atoms with Crippen molar-refractivity contribution in [1.82, 2.24) is 14.7 Å². The highest BCUT2D eigenvalue weighted by Gasteiger charge is 2.34. The summed E-state index contributed by atoms with van der Waals surface area (Å²) in [6.45, 7) is 9.01. The molecule has 2 heterocycles. The Kier molecular flexibility index (Phi) is 1.78. The Balaban J connectivity index is 1.87. The van der Waals surface area contributed by atoms with E-state index in [0.717, 1.165) is 13.1 Å². The molecule has 1 fully saturated rings. The molecule has 0 saturated heterocycles. The van der Waals surface area contributed by atoms with E-state index in [1.165, 1.54) is 24.1 Å². The van der Waals surface area contributed by atoms with Crippen LogP contribution in [0.5, 0.6) is 0 Å². The van der Waals surface area contributed by atoms with E-state index < -0.39 is 0 Å². The number of nitrogens with zero attached hydrogens (tertiary/aromatic N) is 3. The average molecular weight is 205 g/mol. The smallest absolute Gasteiger partial charge is 0.0573 e. The van der Waals surface area contributed by atoms with E-state index >= 15 is 0 Å². The Morgan fingerprint density at radius 1 is 1.27 bits per heavy atom. The van der Waals surface area contributed by atoms with Crippen LogP contribution in [0.3, 0.4) is 0 Å². The van der Waals surface area contributed by atoms with Crippen LogP contribution in [-0.4, -0.2) is 20.2 Å². The standard InChI is InChI=1S/C12H19N3/c1-12(2,3)14-7-9-6-13-15(10-4-5-10)11(9)8-14/h6,10H,4-5,7-8H2,1-3H3. The summed E-state index contributed by atoms with van der Waals surface area (Å²) in [4.78, 5) is 2.53. The molecule has 0 amide bonds. The predicted molar refractivity (Wildman–Crippen MR) is 59.5 cm³/mol. The molecule has 0 atom stereocenters. The van der Waals surface area contributed by atoms with Crippen LogP contribution in [0.15, 0.2) is 6.20 Å². The highest BCUT2D eigenvalue weighted by molar-refractivity contribution is 5.24. The van der Waals surface area contributed by atoms with Gasteiger partial charge in [0.05, 0.1) is 17.9 Å². The molecule has 3 heteroatoms. The molecule has 1 aliphatic carbocycles. The molecule has 0 unspecified atom stereocenters. The molecule has 1 aromatic heterocycles. The first-order valence-corrected chi connectivity index (χ1v) is 5.86. The van der Waals surface area contributed by atoms with E-state index in [9.17, 15) is 0 Å². The van der Waals surface area contributed by atoms with Crippen LogP contribution in [-0.2, 0) is 13.1 Å². The van der Waals surface area contributed by atoms with Crippen molar-refractivity contribution in [2.24, 2.45) is 0 Å². The normalized spacial score (nSPS) is 22.1. The fourth-order valence-corrected chi connectivity index (χ4v) is 2.28. The minimum absolute atomic E-state index is 0.271. The van der Waals surface area contributed by atoms with Crippen LogP contribution >= 0.6 is 0 Å². The van der Waals surface area contributed by atoms with Crippen LogP contribution in [0, 0.1) is 0 Å². The molecule has 82 valence electrons. The lowest BCUT2D eigenvalue weighted by atomic mass is 10.1. The molecule has 15 heavy (non-hydrogen) atoms. The lowest BCUT2D eigenvalue weighted by Crippen LogP contribution is -2.37. The van der Waals surface area contributed by atoms with Gasteiger partial charge < -0.3 is 0 Å². The van der Waals surface area contributed by atoms with Crippen LogP contribution < -0.4 is 0 Å². The number of hydrogen-bond donors (Lipinski definition) is 0. The van der Waals surface area contributed by atoms with Gasteiger partial charge in [-0.3, -0.25) is 9.58 Å². The van der Waals surface area contributed by atoms with Gasteiger partial charge in [0.15, 0.2) is 0 Å². The van der Waals surface area contributed by atoms with Gasteiger partial charge in [0, 0.05) is 24.2 Å². The molecular formula is C12H19N3. The summed E-state index contributed by atoms with van der Waals surface area (Å²) in [5.74, 6) is 0. The highest BCUT2D eigenvalue weighted by Crippen LogP contribution is 2.38. The molecule has 0 N–H and O–H groups in total. The third-order valence-corrected chi connectivity index (χ3v) is 3.53. The lowest BCUT2D eigenvalue weighted by molar-refractivity contribution is 0.133. The summed E-state index contributed by atoms with van der Waals surface area (Å²) in [5, 5.41) is 4.51. The van der Waals surface area contributed by atoms with Gasteiger partial charge >= 0.3 is 0 Å². The van der Waals surface area contributed by atoms with Gasteiger partial charge in [-0.05, 0) is 33.6 Å². The molecule has 1 aliphatic heterocycles. The fraction of sp³-hybridized carbons (Fsp3) is 0.750. The zero-order valence-corrected chi connectivity index (χ0v) is 9.82. The maximum absolute atomic E-state index is 4.51. The van der Waals surface area contributed by atoms with E-state index in [-0.39, 0.29) is 5.54 Å². The van der Waals surface area contributed by atoms with Gasteiger partial charge in [-0.1, -0.05) is 0 Å². The molecule has 1 aromatic rings. The molecule has 0 aromatic carbocycles. The third-order valence-electron chi connectivity index (χ3n) is 3.53. The second-order valence-corrected chi connectivity index (χ2v) is 5.82. The summed E-state index contributed by atoms with van der Waals surface area (Å²) in [5.41, 5.74) is 3.18. The fourth-order valence-electron chi connectivity index (χ4n) is 2.28. The van der Waals surface area contributed by atoms with Crippen LogP contribution in [0.1, 0.15) is 50.9 Å². The minimum atomic E-state index is 0.271. The van der Waals surface area contributed by atoms with Gasteiger partial charge in [-0.15, -0.1) is 0 Å². The number of fused-ring (bicyclic) bond motifs is 1. The Hall–Kier alpha value is -0.830. The predicted octanol–water partition coefficient (Wildman–Crippen LogP) is 2.33. The summed E-state index contributed by atoms with van der Waals surface area (Å²) in [7, 11) is 0. The number of aromatic nitrogens is 2. The average Bonchev–Trinajstić information content (AvgIpc) is 2.75. The van der Waals surface area contributed by atoms with Crippen molar-refractivity contribution < 1.29 is 0 Å². The second kappa shape index (κ2) is 2.85. The molecular weight excluding hydrogens is 186 g/mol. The monoisotopic (exact) mass is 205 g/mol. The van der Waals surface area contributed by atoms with Crippen molar-refractivity contribution in [3.8, 4) is 0 Å². The first-order valence-electron chi connectivity index (χ1n) is 5.86. The molecule has 0 radical (unpaired) electrons. The number of rotatable bonds is 1. The van der Waals surface area contributed by atoms with E-state index in [4.69, 9.17) is 0 Å². The van der Waals surface area contributed by atoms with Gasteiger partial charge in [0.1, 0.15) is 0 Å². The van der Waals surface area contributed by atoms with Crippen molar-refractivity contribution >= 4 is 0 Å². The largest absolute Gasteiger partial charge is 0.288 e. The van der Waals surface area contributed by atoms with Gasteiger partial charge in [-0.25, -0.2) is 0 Å². The topological polar surface area (TPSA) is 21.1 Å². The van der Waals surface area contributed by atoms with Crippen LogP contribution in [0.25, 0.3) is 0 Å². The van der Waals surface area contributed by atoms with Crippen molar-refractivity contribution in [3.63, 3.8) is 0 Å². The first kappa shape index (κ1) is 9.40. The molecule has 3 nitrogen and oxygen atoms in total. The molecule has 0 bridgehead atoms. The van der Waals surface area contributed by atoms with E-state index in [2.05, 4.69) is 41.6 Å². The van der Waals surface area contributed by atoms with Crippen molar-refractivity contribution in [3.05, 3.63) is 17.5 Å². The van der Waals surface area contributed by atoms with Crippen molar-refractivity contribution in [2.75, 3.05) is 0 Å². The van der Waals surface area contributed by atoms with E-state index in [0.29, 0.717) is 6.04 Å². The summed E-state index contributed by atoms with van der Waals surface area (Å²) in [6.07, 6.45) is 4.71. The quantitative estimate of drug-likeness (QED) is 0.701. The SMILES string of the molecule is CC(C)(C)N1Cc2cnn(C3CC3)c2C1. The first-order chi connectivity index (χ1) is 7.05. The van der Waals surface area contributed by atoms with Crippen molar-refractivity contribution in [2.45, 2.75) is 58.3 Å².